The highest BCUT2D eigenvalue weighted by atomic mass is 32.2. The van der Waals surface area contributed by atoms with E-state index in [4.69, 9.17) is 9.84 Å². The van der Waals surface area contributed by atoms with Crippen LogP contribution in [0.2, 0.25) is 0 Å². The van der Waals surface area contributed by atoms with Gasteiger partial charge < -0.3 is 15.2 Å². The summed E-state index contributed by atoms with van der Waals surface area (Å²) in [5.41, 5.74) is 0.179. The van der Waals surface area contributed by atoms with Gasteiger partial charge in [0.25, 0.3) is 0 Å². The van der Waals surface area contributed by atoms with Crippen LogP contribution in [0.1, 0.15) is 51.9 Å². The zero-order valence-corrected chi connectivity index (χ0v) is 13.7. The molecule has 0 radical (unpaired) electrons. The van der Waals surface area contributed by atoms with Crippen molar-refractivity contribution < 1.29 is 9.84 Å². The summed E-state index contributed by atoms with van der Waals surface area (Å²) in [6.45, 7) is 4.53. The Bertz CT molecular complexity index is 258. The van der Waals surface area contributed by atoms with Gasteiger partial charge in [0.1, 0.15) is 0 Å². The molecule has 4 heteroatoms. The van der Waals surface area contributed by atoms with Gasteiger partial charge in [0, 0.05) is 19.3 Å². The molecule has 2 saturated heterocycles. The predicted molar refractivity (Wildman–Crippen MR) is 86.4 cm³/mol. The van der Waals surface area contributed by atoms with E-state index < -0.39 is 0 Å². The third kappa shape index (κ3) is 4.90. The fourth-order valence-electron chi connectivity index (χ4n) is 3.57. The number of rotatable bonds is 7. The van der Waals surface area contributed by atoms with Gasteiger partial charge in [0.15, 0.2) is 0 Å². The van der Waals surface area contributed by atoms with Crippen molar-refractivity contribution in [2.45, 2.75) is 63.5 Å². The van der Waals surface area contributed by atoms with Crippen LogP contribution >= 0.6 is 11.8 Å². The molecular formula is C16H31NO2S. The maximum atomic E-state index is 9.15. The van der Waals surface area contributed by atoms with Crippen molar-refractivity contribution in [3.63, 3.8) is 0 Å². The quantitative estimate of drug-likeness (QED) is 0.759. The number of ether oxygens (including phenoxy) is 1. The average Bonchev–Trinajstić information content (AvgIpc) is 2.46. The second kappa shape index (κ2) is 8.62. The Morgan fingerprint density at radius 2 is 2.15 bits per heavy atom. The Hall–Kier alpha value is 0.230. The standard InChI is InChI=1S/C16H31NO2S/c1-2-3-14(4-8-18)13-17-15-5-9-19-16(12-15)6-10-20-11-7-16/h14-15,17-18H,2-13H2,1H3. The van der Waals surface area contributed by atoms with Crippen LogP contribution in [-0.2, 0) is 4.74 Å². The zero-order chi connectivity index (χ0) is 14.3. The summed E-state index contributed by atoms with van der Waals surface area (Å²) in [5, 5.41) is 12.9. The highest BCUT2D eigenvalue weighted by molar-refractivity contribution is 7.99. The maximum absolute atomic E-state index is 9.15. The van der Waals surface area contributed by atoms with E-state index in [1.165, 1.54) is 43.6 Å². The van der Waals surface area contributed by atoms with Crippen LogP contribution in [0.5, 0.6) is 0 Å². The molecule has 20 heavy (non-hydrogen) atoms. The lowest BCUT2D eigenvalue weighted by Crippen LogP contribution is -2.49. The Morgan fingerprint density at radius 3 is 2.85 bits per heavy atom. The summed E-state index contributed by atoms with van der Waals surface area (Å²) in [5.74, 6) is 3.15. The molecule has 2 aliphatic heterocycles. The number of thioether (sulfide) groups is 1. The lowest BCUT2D eigenvalue weighted by molar-refractivity contribution is -0.0934. The first-order chi connectivity index (χ1) is 9.78. The lowest BCUT2D eigenvalue weighted by atomic mass is 9.85. The molecule has 2 heterocycles. The Kier molecular flexibility index (Phi) is 7.15. The lowest BCUT2D eigenvalue weighted by Gasteiger charge is -2.43. The number of aliphatic hydroxyl groups excluding tert-OH is 1. The van der Waals surface area contributed by atoms with Gasteiger partial charge in [-0.25, -0.2) is 0 Å². The smallest absolute Gasteiger partial charge is 0.0713 e. The van der Waals surface area contributed by atoms with E-state index in [0.29, 0.717) is 18.6 Å². The van der Waals surface area contributed by atoms with Gasteiger partial charge in [0.2, 0.25) is 0 Å². The van der Waals surface area contributed by atoms with Crippen LogP contribution in [0.25, 0.3) is 0 Å². The van der Waals surface area contributed by atoms with Crippen LogP contribution in [0.4, 0.5) is 0 Å². The van der Waals surface area contributed by atoms with Crippen molar-refractivity contribution in [2.75, 3.05) is 31.3 Å². The Labute approximate surface area is 128 Å². The highest BCUT2D eigenvalue weighted by Crippen LogP contribution is 2.37. The molecule has 2 N–H and O–H groups in total. The summed E-state index contributed by atoms with van der Waals surface area (Å²) in [6, 6.07) is 0.616. The topological polar surface area (TPSA) is 41.5 Å². The number of nitrogens with one attached hydrogen (secondary N) is 1. The minimum absolute atomic E-state index is 0.179. The molecule has 2 rings (SSSR count). The molecule has 3 nitrogen and oxygen atoms in total. The first-order valence-corrected chi connectivity index (χ1v) is 9.49. The number of hydrogen-bond acceptors (Lipinski definition) is 4. The molecule has 2 unspecified atom stereocenters. The van der Waals surface area contributed by atoms with Crippen molar-refractivity contribution in [1.82, 2.24) is 5.32 Å². The van der Waals surface area contributed by atoms with E-state index in [9.17, 15) is 0 Å². The molecule has 0 bridgehead atoms. The van der Waals surface area contributed by atoms with E-state index in [1.54, 1.807) is 0 Å². The summed E-state index contributed by atoms with van der Waals surface area (Å²) in [4.78, 5) is 0. The SMILES string of the molecule is CCCC(CCO)CNC1CCOC2(CCSCC2)C1. The average molecular weight is 301 g/mol. The van der Waals surface area contributed by atoms with Gasteiger partial charge in [0.05, 0.1) is 5.60 Å². The Morgan fingerprint density at radius 1 is 1.35 bits per heavy atom. The molecule has 1 spiro atoms. The normalized spacial score (nSPS) is 27.6. The summed E-state index contributed by atoms with van der Waals surface area (Å²) >= 11 is 2.07. The summed E-state index contributed by atoms with van der Waals surface area (Å²) in [6.07, 6.45) is 8.15. The summed E-state index contributed by atoms with van der Waals surface area (Å²) in [7, 11) is 0. The van der Waals surface area contributed by atoms with Gasteiger partial charge in [-0.3, -0.25) is 0 Å². The monoisotopic (exact) mass is 301 g/mol. The number of hydrogen-bond donors (Lipinski definition) is 2. The largest absolute Gasteiger partial charge is 0.396 e. The van der Waals surface area contributed by atoms with Crippen molar-refractivity contribution >= 4 is 11.8 Å². The van der Waals surface area contributed by atoms with Gasteiger partial charge >= 0.3 is 0 Å². The van der Waals surface area contributed by atoms with E-state index in [0.717, 1.165) is 26.0 Å². The molecule has 2 atom stereocenters. The van der Waals surface area contributed by atoms with Crippen molar-refractivity contribution in [1.29, 1.82) is 0 Å². The number of aliphatic hydroxyl groups is 1. The molecule has 0 aromatic heterocycles. The van der Waals surface area contributed by atoms with Gasteiger partial charge in [-0.2, -0.15) is 11.8 Å². The third-order valence-corrected chi connectivity index (χ3v) is 5.81. The minimum atomic E-state index is 0.179. The molecule has 118 valence electrons. The molecule has 0 saturated carbocycles. The van der Waals surface area contributed by atoms with Crippen molar-refractivity contribution in [2.24, 2.45) is 5.92 Å². The van der Waals surface area contributed by atoms with Crippen LogP contribution in [0, 0.1) is 5.92 Å². The molecule has 0 aliphatic carbocycles. The molecule has 0 aromatic rings. The predicted octanol–water partition coefficient (Wildman–Crippen LogP) is 2.82. The first-order valence-electron chi connectivity index (χ1n) is 8.34. The fourth-order valence-corrected chi connectivity index (χ4v) is 4.80. The molecular weight excluding hydrogens is 270 g/mol. The zero-order valence-electron chi connectivity index (χ0n) is 12.9. The Balaban J connectivity index is 1.77. The van der Waals surface area contributed by atoms with Gasteiger partial charge in [-0.1, -0.05) is 13.3 Å². The van der Waals surface area contributed by atoms with Crippen LogP contribution in [0.3, 0.4) is 0 Å². The molecule has 0 aromatic carbocycles. The van der Waals surface area contributed by atoms with Gasteiger partial charge in [-0.05, 0) is 62.5 Å². The second-order valence-corrected chi connectivity index (χ2v) is 7.63. The molecule has 2 fully saturated rings. The highest BCUT2D eigenvalue weighted by Gasteiger charge is 2.38. The summed E-state index contributed by atoms with van der Waals surface area (Å²) < 4.78 is 6.15. The minimum Gasteiger partial charge on any atom is -0.396 e. The van der Waals surface area contributed by atoms with Crippen LogP contribution in [0.15, 0.2) is 0 Å². The maximum Gasteiger partial charge on any atom is 0.0713 e. The van der Waals surface area contributed by atoms with Crippen molar-refractivity contribution in [3.8, 4) is 0 Å². The first kappa shape index (κ1) is 16.6. The van der Waals surface area contributed by atoms with Crippen molar-refractivity contribution in [3.05, 3.63) is 0 Å². The van der Waals surface area contributed by atoms with Crippen LogP contribution < -0.4 is 5.32 Å². The van der Waals surface area contributed by atoms with E-state index >= 15 is 0 Å². The van der Waals surface area contributed by atoms with E-state index in [-0.39, 0.29) is 5.60 Å². The van der Waals surface area contributed by atoms with E-state index in [1.807, 2.05) is 0 Å². The van der Waals surface area contributed by atoms with Gasteiger partial charge in [-0.15, -0.1) is 0 Å². The second-order valence-electron chi connectivity index (χ2n) is 6.41. The molecule has 2 aliphatic rings. The fraction of sp³-hybridized carbons (Fsp3) is 1.00. The van der Waals surface area contributed by atoms with E-state index in [2.05, 4.69) is 24.0 Å². The molecule has 0 amide bonds. The van der Waals surface area contributed by atoms with Crippen LogP contribution in [-0.4, -0.2) is 48.0 Å². The third-order valence-electron chi connectivity index (χ3n) is 4.83.